The fourth-order valence-corrected chi connectivity index (χ4v) is 3.77. The maximum absolute atomic E-state index is 12.5. The smallest absolute Gasteiger partial charge is 0.222 e. The van der Waals surface area contributed by atoms with Crippen LogP contribution >= 0.6 is 0 Å². The number of hydrogen-bond acceptors (Lipinski definition) is 1. The molecule has 0 aliphatic heterocycles. The highest BCUT2D eigenvalue weighted by molar-refractivity contribution is 5.76. The summed E-state index contributed by atoms with van der Waals surface area (Å²) in [5.74, 6) is 0.396. The van der Waals surface area contributed by atoms with E-state index in [9.17, 15) is 4.79 Å². The van der Waals surface area contributed by atoms with Gasteiger partial charge in [-0.3, -0.25) is 4.79 Å². The summed E-state index contributed by atoms with van der Waals surface area (Å²) >= 11 is 0. The van der Waals surface area contributed by atoms with Gasteiger partial charge in [0.25, 0.3) is 0 Å². The molecule has 0 rings (SSSR count). The quantitative estimate of drug-likeness (QED) is 0.130. The van der Waals surface area contributed by atoms with E-state index in [1.165, 1.54) is 103 Å². The summed E-state index contributed by atoms with van der Waals surface area (Å²) in [6, 6.07) is 0. The highest BCUT2D eigenvalue weighted by Gasteiger charge is 2.11. The first-order valence-electron chi connectivity index (χ1n) is 13.2. The minimum Gasteiger partial charge on any atom is -0.343 e. The summed E-state index contributed by atoms with van der Waals surface area (Å²) in [7, 11) is 0. The predicted molar refractivity (Wildman–Crippen MR) is 130 cm³/mol. The largest absolute Gasteiger partial charge is 0.343 e. The van der Waals surface area contributed by atoms with Gasteiger partial charge < -0.3 is 4.90 Å². The molecule has 0 atom stereocenters. The third-order valence-electron chi connectivity index (χ3n) is 5.82. The van der Waals surface area contributed by atoms with Crippen molar-refractivity contribution in [3.8, 4) is 0 Å². The lowest BCUT2D eigenvalue weighted by molar-refractivity contribution is -0.131. The molecule has 0 fully saturated rings. The molecule has 0 aliphatic carbocycles. The van der Waals surface area contributed by atoms with Crippen molar-refractivity contribution in [1.29, 1.82) is 0 Å². The summed E-state index contributed by atoms with van der Waals surface area (Å²) in [6.45, 7) is 8.64. The van der Waals surface area contributed by atoms with Crippen molar-refractivity contribution in [2.24, 2.45) is 0 Å². The monoisotopic (exact) mass is 407 g/mol. The SMILES string of the molecule is CCCCCCCC/C=C\CCCCCCCC(=O)N(CCCC)CCCCC. The zero-order chi connectivity index (χ0) is 21.4. The van der Waals surface area contributed by atoms with Crippen molar-refractivity contribution >= 4 is 5.91 Å². The van der Waals surface area contributed by atoms with Gasteiger partial charge in [0.15, 0.2) is 0 Å². The molecule has 0 bridgehead atoms. The molecule has 0 saturated carbocycles. The zero-order valence-electron chi connectivity index (χ0n) is 20.4. The van der Waals surface area contributed by atoms with Crippen LogP contribution in [0.25, 0.3) is 0 Å². The topological polar surface area (TPSA) is 20.3 Å². The number of nitrogens with zero attached hydrogens (tertiary/aromatic N) is 1. The number of carbonyl (C=O) groups is 1. The predicted octanol–water partition coefficient (Wildman–Crippen LogP) is 8.84. The summed E-state index contributed by atoms with van der Waals surface area (Å²) in [6.07, 6.45) is 28.5. The molecular formula is C27H53NO. The number of hydrogen-bond donors (Lipinski definition) is 0. The van der Waals surface area contributed by atoms with Crippen molar-refractivity contribution in [2.45, 2.75) is 143 Å². The molecule has 0 saturated heterocycles. The van der Waals surface area contributed by atoms with E-state index in [-0.39, 0.29) is 0 Å². The van der Waals surface area contributed by atoms with E-state index in [2.05, 4.69) is 37.8 Å². The van der Waals surface area contributed by atoms with Gasteiger partial charge in [0.05, 0.1) is 0 Å². The summed E-state index contributed by atoms with van der Waals surface area (Å²) < 4.78 is 0. The van der Waals surface area contributed by atoms with Crippen LogP contribution in [0.1, 0.15) is 143 Å². The van der Waals surface area contributed by atoms with E-state index in [0.29, 0.717) is 5.91 Å². The van der Waals surface area contributed by atoms with Crippen molar-refractivity contribution in [1.82, 2.24) is 4.90 Å². The first-order chi connectivity index (χ1) is 14.3. The Bertz CT molecular complexity index is 364. The van der Waals surface area contributed by atoms with Crippen molar-refractivity contribution in [3.63, 3.8) is 0 Å². The fourth-order valence-electron chi connectivity index (χ4n) is 3.77. The third kappa shape index (κ3) is 20.3. The number of allylic oxidation sites excluding steroid dienone is 2. The first kappa shape index (κ1) is 28.2. The number of unbranched alkanes of at least 4 members (excludes halogenated alkanes) is 14. The van der Waals surface area contributed by atoms with Gasteiger partial charge in [-0.25, -0.2) is 0 Å². The van der Waals surface area contributed by atoms with Crippen LogP contribution in [0.4, 0.5) is 0 Å². The van der Waals surface area contributed by atoms with E-state index < -0.39 is 0 Å². The summed E-state index contributed by atoms with van der Waals surface area (Å²) in [5.41, 5.74) is 0. The van der Waals surface area contributed by atoms with Gasteiger partial charge in [-0.05, 0) is 44.9 Å². The van der Waals surface area contributed by atoms with Crippen LogP contribution in [0.3, 0.4) is 0 Å². The summed E-state index contributed by atoms with van der Waals surface area (Å²) in [5, 5.41) is 0. The van der Waals surface area contributed by atoms with E-state index in [0.717, 1.165) is 32.4 Å². The number of carbonyl (C=O) groups excluding carboxylic acids is 1. The molecule has 1 amide bonds. The highest BCUT2D eigenvalue weighted by atomic mass is 16.2. The first-order valence-corrected chi connectivity index (χ1v) is 13.2. The van der Waals surface area contributed by atoms with Gasteiger partial charge in [0.1, 0.15) is 0 Å². The molecule has 0 spiro atoms. The maximum Gasteiger partial charge on any atom is 0.222 e. The lowest BCUT2D eigenvalue weighted by atomic mass is 10.1. The van der Waals surface area contributed by atoms with Crippen LogP contribution < -0.4 is 0 Å². The number of rotatable bonds is 22. The van der Waals surface area contributed by atoms with Crippen LogP contribution in [0.2, 0.25) is 0 Å². The lowest BCUT2D eigenvalue weighted by Crippen LogP contribution is -2.32. The molecule has 0 aromatic carbocycles. The molecule has 0 aromatic heterocycles. The van der Waals surface area contributed by atoms with E-state index in [1.807, 2.05) is 0 Å². The van der Waals surface area contributed by atoms with Gasteiger partial charge in [-0.2, -0.15) is 0 Å². The van der Waals surface area contributed by atoms with Crippen LogP contribution in [0.15, 0.2) is 12.2 Å². The standard InChI is InChI=1S/C27H53NO/c1-4-7-10-11-12-13-14-15-16-17-18-19-20-21-22-24-27(29)28(25-9-6-3)26-23-8-5-2/h15-16H,4-14,17-26H2,1-3H3/b16-15-. The molecule has 0 unspecified atom stereocenters. The highest BCUT2D eigenvalue weighted by Crippen LogP contribution is 2.11. The van der Waals surface area contributed by atoms with Gasteiger partial charge >= 0.3 is 0 Å². The molecule has 0 N–H and O–H groups in total. The maximum atomic E-state index is 12.5. The zero-order valence-corrected chi connectivity index (χ0v) is 20.4. The molecular weight excluding hydrogens is 354 g/mol. The Morgan fingerprint density at radius 3 is 1.59 bits per heavy atom. The van der Waals surface area contributed by atoms with Gasteiger partial charge in [-0.15, -0.1) is 0 Å². The Labute approximate surface area is 183 Å². The van der Waals surface area contributed by atoms with Crippen LogP contribution in [-0.4, -0.2) is 23.9 Å². The average molecular weight is 408 g/mol. The molecule has 0 aromatic rings. The van der Waals surface area contributed by atoms with Gasteiger partial charge in [0.2, 0.25) is 5.91 Å². The Balaban J connectivity index is 3.56. The Morgan fingerprint density at radius 1 is 0.552 bits per heavy atom. The Kier molecular flexibility index (Phi) is 22.8. The van der Waals surface area contributed by atoms with E-state index >= 15 is 0 Å². The van der Waals surface area contributed by atoms with E-state index in [1.54, 1.807) is 0 Å². The van der Waals surface area contributed by atoms with Crippen LogP contribution in [0.5, 0.6) is 0 Å². The normalized spacial score (nSPS) is 11.4. The Hall–Kier alpha value is -0.790. The van der Waals surface area contributed by atoms with Crippen LogP contribution in [0, 0.1) is 0 Å². The molecule has 172 valence electrons. The van der Waals surface area contributed by atoms with Crippen molar-refractivity contribution in [3.05, 3.63) is 12.2 Å². The lowest BCUT2D eigenvalue weighted by Gasteiger charge is -2.22. The third-order valence-corrected chi connectivity index (χ3v) is 5.82. The second kappa shape index (κ2) is 23.5. The minimum atomic E-state index is 0.396. The minimum absolute atomic E-state index is 0.396. The Morgan fingerprint density at radius 2 is 1.00 bits per heavy atom. The van der Waals surface area contributed by atoms with Crippen molar-refractivity contribution < 1.29 is 4.79 Å². The molecule has 0 heterocycles. The molecule has 2 nitrogen and oxygen atoms in total. The molecule has 0 aliphatic rings. The van der Waals surface area contributed by atoms with Gasteiger partial charge in [0, 0.05) is 19.5 Å². The number of amides is 1. The van der Waals surface area contributed by atoms with E-state index in [4.69, 9.17) is 0 Å². The van der Waals surface area contributed by atoms with Gasteiger partial charge in [-0.1, -0.05) is 104 Å². The van der Waals surface area contributed by atoms with Crippen LogP contribution in [-0.2, 0) is 4.79 Å². The second-order valence-electron chi connectivity index (χ2n) is 8.78. The summed E-state index contributed by atoms with van der Waals surface area (Å²) in [4.78, 5) is 14.6. The molecule has 0 radical (unpaired) electrons. The second-order valence-corrected chi connectivity index (χ2v) is 8.78. The molecule has 29 heavy (non-hydrogen) atoms. The average Bonchev–Trinajstić information content (AvgIpc) is 2.73. The van der Waals surface area contributed by atoms with Crippen molar-refractivity contribution in [2.75, 3.05) is 13.1 Å². The molecule has 2 heteroatoms. The fraction of sp³-hybridized carbons (Fsp3) is 0.889.